The molecule has 80 valence electrons. The molecule has 1 aromatic carbocycles. The first-order chi connectivity index (χ1) is 7.15. The summed E-state index contributed by atoms with van der Waals surface area (Å²) >= 11 is 0. The molecule has 0 atom stereocenters. The third-order valence-electron chi connectivity index (χ3n) is 2.01. The number of hydrogen-bond donors (Lipinski definition) is 1. The molecule has 0 radical (unpaired) electrons. The van der Waals surface area contributed by atoms with E-state index in [0.29, 0.717) is 11.3 Å². The molecule has 0 saturated carbocycles. The summed E-state index contributed by atoms with van der Waals surface area (Å²) in [6, 6.07) is 6.91. The van der Waals surface area contributed by atoms with Crippen molar-refractivity contribution >= 4 is 11.7 Å². The molecule has 0 saturated heterocycles. The third kappa shape index (κ3) is 3.09. The lowest BCUT2D eigenvalue weighted by atomic mass is 10.1. The van der Waals surface area contributed by atoms with Crippen LogP contribution >= 0.6 is 0 Å². The predicted molar refractivity (Wildman–Crippen MR) is 55.8 cm³/mol. The Kier molecular flexibility index (Phi) is 3.85. The van der Waals surface area contributed by atoms with Gasteiger partial charge in [-0.2, -0.15) is 0 Å². The molecule has 0 spiro atoms. The van der Waals surface area contributed by atoms with Crippen molar-refractivity contribution in [2.45, 2.75) is 12.8 Å². The van der Waals surface area contributed by atoms with Crippen LogP contribution in [0.1, 0.15) is 23.2 Å². The molecule has 0 heterocycles. The van der Waals surface area contributed by atoms with E-state index in [1.165, 1.54) is 7.11 Å². The quantitative estimate of drug-likeness (QED) is 0.736. The number of para-hydroxylation sites is 1. The maximum Gasteiger partial charge on any atom is 0.217 e. The van der Waals surface area contributed by atoms with E-state index >= 15 is 0 Å². The molecule has 0 aromatic heterocycles. The Morgan fingerprint density at radius 2 is 1.93 bits per heavy atom. The van der Waals surface area contributed by atoms with Gasteiger partial charge in [-0.25, -0.2) is 0 Å². The molecule has 0 aliphatic heterocycles. The lowest BCUT2D eigenvalue weighted by Crippen LogP contribution is -2.13. The maximum absolute atomic E-state index is 11.6. The summed E-state index contributed by atoms with van der Waals surface area (Å²) in [5.41, 5.74) is 5.45. The highest BCUT2D eigenvalue weighted by Gasteiger charge is 2.11. The summed E-state index contributed by atoms with van der Waals surface area (Å²) in [7, 11) is 1.50. The van der Waals surface area contributed by atoms with E-state index in [9.17, 15) is 9.59 Å². The number of Topliss-reactive ketones (excluding diaryl/α,β-unsaturated/α-hetero) is 1. The van der Waals surface area contributed by atoms with E-state index in [-0.39, 0.29) is 18.6 Å². The fraction of sp³-hybridized carbons (Fsp3) is 0.273. The molecule has 1 aromatic rings. The average molecular weight is 207 g/mol. The molecule has 0 aliphatic rings. The summed E-state index contributed by atoms with van der Waals surface area (Å²) in [6.45, 7) is 0. The number of nitrogens with two attached hydrogens (primary N) is 1. The van der Waals surface area contributed by atoms with E-state index < -0.39 is 5.91 Å². The number of benzene rings is 1. The molecule has 0 fully saturated rings. The normalized spacial score (nSPS) is 9.67. The SMILES string of the molecule is COc1ccccc1C(=O)CCC(N)=O. The van der Waals surface area contributed by atoms with Crippen LogP contribution in [0.2, 0.25) is 0 Å². The smallest absolute Gasteiger partial charge is 0.217 e. The molecule has 1 rings (SSSR count). The fourth-order valence-corrected chi connectivity index (χ4v) is 1.25. The van der Waals surface area contributed by atoms with Crippen molar-refractivity contribution in [2.75, 3.05) is 7.11 Å². The van der Waals surface area contributed by atoms with Crippen LogP contribution in [0.5, 0.6) is 5.75 Å². The molecule has 4 nitrogen and oxygen atoms in total. The molecular formula is C11H13NO3. The van der Waals surface area contributed by atoms with Crippen molar-refractivity contribution in [3.8, 4) is 5.75 Å². The first kappa shape index (κ1) is 11.2. The number of ether oxygens (including phenoxy) is 1. The first-order valence-electron chi connectivity index (χ1n) is 4.59. The second kappa shape index (κ2) is 5.14. The van der Waals surface area contributed by atoms with Gasteiger partial charge in [-0.3, -0.25) is 9.59 Å². The summed E-state index contributed by atoms with van der Waals surface area (Å²) in [5.74, 6) is -0.0866. The molecule has 0 unspecified atom stereocenters. The number of rotatable bonds is 5. The first-order valence-corrected chi connectivity index (χ1v) is 4.59. The number of hydrogen-bond acceptors (Lipinski definition) is 3. The Morgan fingerprint density at radius 1 is 1.27 bits per heavy atom. The average Bonchev–Trinajstić information content (AvgIpc) is 2.25. The van der Waals surface area contributed by atoms with Gasteiger partial charge in [0.2, 0.25) is 5.91 Å². The minimum absolute atomic E-state index is 0.0664. The fourth-order valence-electron chi connectivity index (χ4n) is 1.25. The second-order valence-electron chi connectivity index (χ2n) is 3.09. The Labute approximate surface area is 88.0 Å². The largest absolute Gasteiger partial charge is 0.496 e. The van der Waals surface area contributed by atoms with Crippen molar-refractivity contribution in [3.05, 3.63) is 29.8 Å². The monoisotopic (exact) mass is 207 g/mol. The molecule has 2 N–H and O–H groups in total. The van der Waals surface area contributed by atoms with Gasteiger partial charge >= 0.3 is 0 Å². The van der Waals surface area contributed by atoms with Crippen LogP contribution < -0.4 is 10.5 Å². The topological polar surface area (TPSA) is 69.4 Å². The van der Waals surface area contributed by atoms with Gasteiger partial charge in [0.1, 0.15) is 5.75 Å². The number of carbonyl (C=O) groups excluding carboxylic acids is 2. The van der Waals surface area contributed by atoms with Crippen LogP contribution in [-0.2, 0) is 4.79 Å². The molecule has 1 amide bonds. The van der Waals surface area contributed by atoms with Crippen molar-refractivity contribution < 1.29 is 14.3 Å². The Bertz CT molecular complexity index is 374. The summed E-state index contributed by atoms with van der Waals surface area (Å²) in [6.07, 6.45) is 0.187. The second-order valence-corrected chi connectivity index (χ2v) is 3.09. The Balaban J connectivity index is 2.77. The lowest BCUT2D eigenvalue weighted by Gasteiger charge is -2.05. The zero-order chi connectivity index (χ0) is 11.3. The highest BCUT2D eigenvalue weighted by atomic mass is 16.5. The molecule has 0 aliphatic carbocycles. The Hall–Kier alpha value is -1.84. The van der Waals surface area contributed by atoms with Gasteiger partial charge in [0.05, 0.1) is 12.7 Å². The van der Waals surface area contributed by atoms with Crippen LogP contribution in [-0.4, -0.2) is 18.8 Å². The van der Waals surface area contributed by atoms with Crippen LogP contribution in [0.4, 0.5) is 0 Å². The van der Waals surface area contributed by atoms with Gasteiger partial charge < -0.3 is 10.5 Å². The molecule has 15 heavy (non-hydrogen) atoms. The van der Waals surface area contributed by atoms with E-state index in [0.717, 1.165) is 0 Å². The number of primary amides is 1. The number of amides is 1. The zero-order valence-corrected chi connectivity index (χ0v) is 8.53. The lowest BCUT2D eigenvalue weighted by molar-refractivity contribution is -0.118. The van der Waals surface area contributed by atoms with Crippen molar-refractivity contribution in [3.63, 3.8) is 0 Å². The third-order valence-corrected chi connectivity index (χ3v) is 2.01. The van der Waals surface area contributed by atoms with Gasteiger partial charge in [-0.05, 0) is 12.1 Å². The number of ketones is 1. The minimum Gasteiger partial charge on any atom is -0.496 e. The molecular weight excluding hydrogens is 194 g/mol. The van der Waals surface area contributed by atoms with Gasteiger partial charge in [-0.15, -0.1) is 0 Å². The predicted octanol–water partition coefficient (Wildman–Crippen LogP) is 1.14. The Morgan fingerprint density at radius 3 is 2.53 bits per heavy atom. The van der Waals surface area contributed by atoms with Crippen molar-refractivity contribution in [1.82, 2.24) is 0 Å². The van der Waals surface area contributed by atoms with E-state index in [1.54, 1.807) is 24.3 Å². The number of methoxy groups -OCH3 is 1. The summed E-state index contributed by atoms with van der Waals surface area (Å²) in [5, 5.41) is 0. The van der Waals surface area contributed by atoms with Gasteiger partial charge in [0.15, 0.2) is 5.78 Å². The van der Waals surface area contributed by atoms with Crippen LogP contribution in [0.15, 0.2) is 24.3 Å². The highest BCUT2D eigenvalue weighted by molar-refractivity contribution is 6.00. The van der Waals surface area contributed by atoms with E-state index in [4.69, 9.17) is 10.5 Å². The summed E-state index contributed by atoms with van der Waals surface area (Å²) in [4.78, 5) is 22.2. The highest BCUT2D eigenvalue weighted by Crippen LogP contribution is 2.19. The molecule has 0 bridgehead atoms. The van der Waals surface area contributed by atoms with Gasteiger partial charge in [-0.1, -0.05) is 12.1 Å². The van der Waals surface area contributed by atoms with E-state index in [2.05, 4.69) is 0 Å². The van der Waals surface area contributed by atoms with Crippen LogP contribution in [0, 0.1) is 0 Å². The minimum atomic E-state index is -0.474. The van der Waals surface area contributed by atoms with Crippen LogP contribution in [0.3, 0.4) is 0 Å². The maximum atomic E-state index is 11.6. The van der Waals surface area contributed by atoms with Crippen molar-refractivity contribution in [1.29, 1.82) is 0 Å². The standard InChI is InChI=1S/C11H13NO3/c1-15-10-5-3-2-4-8(10)9(13)6-7-11(12)14/h2-5H,6-7H2,1H3,(H2,12,14). The van der Waals surface area contributed by atoms with E-state index in [1.807, 2.05) is 0 Å². The summed E-state index contributed by atoms with van der Waals surface area (Å²) < 4.78 is 5.04. The zero-order valence-electron chi connectivity index (χ0n) is 8.53. The molecule has 4 heteroatoms. The van der Waals surface area contributed by atoms with Gasteiger partial charge in [0.25, 0.3) is 0 Å². The van der Waals surface area contributed by atoms with Gasteiger partial charge in [0, 0.05) is 12.8 Å². The van der Waals surface area contributed by atoms with Crippen molar-refractivity contribution in [2.24, 2.45) is 5.73 Å². The number of carbonyl (C=O) groups is 2. The van der Waals surface area contributed by atoms with Crippen LogP contribution in [0.25, 0.3) is 0 Å².